The first-order chi connectivity index (χ1) is 9.60. The van der Waals surface area contributed by atoms with Gasteiger partial charge < -0.3 is 5.32 Å². The second kappa shape index (κ2) is 7.21. The van der Waals surface area contributed by atoms with Gasteiger partial charge in [-0.3, -0.25) is 0 Å². The van der Waals surface area contributed by atoms with E-state index >= 15 is 0 Å². The molecule has 1 nitrogen and oxygen atoms in total. The fourth-order valence-electron chi connectivity index (χ4n) is 2.14. The first kappa shape index (κ1) is 15.5. The lowest BCUT2D eigenvalue weighted by molar-refractivity contribution is 0.542. The largest absolute Gasteiger partial charge is 0.310 e. The van der Waals surface area contributed by atoms with Crippen LogP contribution in [0.4, 0.5) is 4.39 Å². The maximum absolute atomic E-state index is 13.7. The molecule has 0 saturated carbocycles. The summed E-state index contributed by atoms with van der Waals surface area (Å²) < 4.78 is 14.2. The van der Waals surface area contributed by atoms with Crippen molar-refractivity contribution in [1.29, 1.82) is 0 Å². The van der Waals surface area contributed by atoms with E-state index in [2.05, 4.69) is 21.2 Å². The molecule has 2 rings (SSSR count). The Labute approximate surface area is 132 Å². The van der Waals surface area contributed by atoms with Crippen LogP contribution >= 0.6 is 27.5 Å². The molecule has 0 aliphatic carbocycles. The molecule has 2 aromatic rings. The molecule has 0 radical (unpaired) electrons. The maximum Gasteiger partial charge on any atom is 0.137 e. The van der Waals surface area contributed by atoms with E-state index < -0.39 is 0 Å². The predicted molar refractivity (Wildman–Crippen MR) is 85.7 cm³/mol. The minimum absolute atomic E-state index is 0.0868. The molecule has 0 heterocycles. The molecule has 1 N–H and O–H groups in total. The highest BCUT2D eigenvalue weighted by Gasteiger charge is 2.13. The van der Waals surface area contributed by atoms with E-state index in [1.165, 1.54) is 5.56 Å². The predicted octanol–water partition coefficient (Wildman–Crippen LogP) is 5.13. The Bertz CT molecular complexity index is 571. The zero-order valence-electron chi connectivity index (χ0n) is 11.2. The standard InChI is InChI=1S/C16H16BrClFN/c1-2-20-16(9-11-3-6-13(18)7-4-11)12-5-8-14(17)15(19)10-12/h3-8,10,16,20H,2,9H2,1H3. The van der Waals surface area contributed by atoms with Crippen molar-refractivity contribution in [2.75, 3.05) is 6.54 Å². The molecule has 0 aliphatic heterocycles. The van der Waals surface area contributed by atoms with Gasteiger partial charge in [0.05, 0.1) is 4.47 Å². The van der Waals surface area contributed by atoms with Crippen LogP contribution in [0.2, 0.25) is 5.02 Å². The van der Waals surface area contributed by atoms with Gasteiger partial charge in [-0.15, -0.1) is 0 Å². The molecule has 4 heteroatoms. The molecule has 0 spiro atoms. The summed E-state index contributed by atoms with van der Waals surface area (Å²) in [6.45, 7) is 2.88. The molecule has 106 valence electrons. The topological polar surface area (TPSA) is 12.0 Å². The monoisotopic (exact) mass is 355 g/mol. The van der Waals surface area contributed by atoms with E-state index in [1.807, 2.05) is 37.3 Å². The van der Waals surface area contributed by atoms with Crippen LogP contribution in [0, 0.1) is 5.82 Å². The SMILES string of the molecule is CCNC(Cc1ccc(Cl)cc1)c1ccc(Br)c(F)c1. The summed E-state index contributed by atoms with van der Waals surface area (Å²) in [5, 5.41) is 4.12. The van der Waals surface area contributed by atoms with Gasteiger partial charge in [0.25, 0.3) is 0 Å². The Balaban J connectivity index is 2.21. The van der Waals surface area contributed by atoms with Gasteiger partial charge in [-0.2, -0.15) is 0 Å². The zero-order chi connectivity index (χ0) is 14.5. The molecular weight excluding hydrogens is 341 g/mol. The fourth-order valence-corrected chi connectivity index (χ4v) is 2.51. The Morgan fingerprint density at radius 3 is 2.50 bits per heavy atom. The average Bonchev–Trinajstić information content (AvgIpc) is 2.44. The summed E-state index contributed by atoms with van der Waals surface area (Å²) in [6.07, 6.45) is 0.798. The second-order valence-electron chi connectivity index (χ2n) is 4.61. The smallest absolute Gasteiger partial charge is 0.137 e. The Kier molecular flexibility index (Phi) is 5.58. The number of rotatable bonds is 5. The van der Waals surface area contributed by atoms with Gasteiger partial charge >= 0.3 is 0 Å². The average molecular weight is 357 g/mol. The first-order valence-corrected chi connectivity index (χ1v) is 7.70. The van der Waals surface area contributed by atoms with Crippen LogP contribution in [0.3, 0.4) is 0 Å². The van der Waals surface area contributed by atoms with Gasteiger partial charge in [0, 0.05) is 11.1 Å². The third kappa shape index (κ3) is 4.05. The van der Waals surface area contributed by atoms with Crippen molar-refractivity contribution in [2.45, 2.75) is 19.4 Å². The fraction of sp³-hybridized carbons (Fsp3) is 0.250. The summed E-state index contributed by atoms with van der Waals surface area (Å²) in [4.78, 5) is 0. The van der Waals surface area contributed by atoms with Crippen LogP contribution in [0.25, 0.3) is 0 Å². The lowest BCUT2D eigenvalue weighted by Crippen LogP contribution is -2.23. The lowest BCUT2D eigenvalue weighted by atomic mass is 9.99. The second-order valence-corrected chi connectivity index (χ2v) is 5.91. The van der Waals surface area contributed by atoms with Crippen LogP contribution in [0.1, 0.15) is 24.1 Å². The van der Waals surface area contributed by atoms with E-state index in [0.29, 0.717) is 4.47 Å². The van der Waals surface area contributed by atoms with E-state index in [1.54, 1.807) is 12.1 Å². The minimum atomic E-state index is -0.235. The van der Waals surface area contributed by atoms with Gasteiger partial charge in [-0.25, -0.2) is 4.39 Å². The number of hydrogen-bond donors (Lipinski definition) is 1. The number of hydrogen-bond acceptors (Lipinski definition) is 1. The van der Waals surface area contributed by atoms with Crippen molar-refractivity contribution in [3.63, 3.8) is 0 Å². The van der Waals surface area contributed by atoms with Gasteiger partial charge in [0.1, 0.15) is 5.82 Å². The highest BCUT2D eigenvalue weighted by atomic mass is 79.9. The van der Waals surface area contributed by atoms with Crippen LogP contribution in [-0.4, -0.2) is 6.54 Å². The number of likely N-dealkylation sites (N-methyl/N-ethyl adjacent to an activating group) is 1. The zero-order valence-corrected chi connectivity index (χ0v) is 13.5. The highest BCUT2D eigenvalue weighted by Crippen LogP contribution is 2.24. The molecule has 0 amide bonds. The lowest BCUT2D eigenvalue weighted by Gasteiger charge is -2.19. The van der Waals surface area contributed by atoms with E-state index in [-0.39, 0.29) is 11.9 Å². The molecule has 2 aromatic carbocycles. The highest BCUT2D eigenvalue weighted by molar-refractivity contribution is 9.10. The summed E-state index contributed by atoms with van der Waals surface area (Å²) in [5.41, 5.74) is 2.12. The molecule has 20 heavy (non-hydrogen) atoms. The third-order valence-electron chi connectivity index (χ3n) is 3.15. The normalized spacial score (nSPS) is 12.4. The van der Waals surface area contributed by atoms with Crippen molar-refractivity contribution in [3.8, 4) is 0 Å². The molecular formula is C16H16BrClFN. The van der Waals surface area contributed by atoms with Crippen molar-refractivity contribution in [2.24, 2.45) is 0 Å². The molecule has 0 fully saturated rings. The van der Waals surface area contributed by atoms with Crippen molar-refractivity contribution in [3.05, 3.63) is 68.9 Å². The Morgan fingerprint density at radius 1 is 1.20 bits per heavy atom. The maximum atomic E-state index is 13.7. The van der Waals surface area contributed by atoms with Crippen molar-refractivity contribution in [1.82, 2.24) is 5.32 Å². The molecule has 0 bridgehead atoms. The van der Waals surface area contributed by atoms with Gasteiger partial charge in [-0.1, -0.05) is 36.7 Å². The summed E-state index contributed by atoms with van der Waals surface area (Å²) in [7, 11) is 0. The summed E-state index contributed by atoms with van der Waals surface area (Å²) in [5.74, 6) is -0.235. The first-order valence-electron chi connectivity index (χ1n) is 6.53. The minimum Gasteiger partial charge on any atom is -0.310 e. The molecule has 1 unspecified atom stereocenters. The van der Waals surface area contributed by atoms with Gasteiger partial charge in [0.15, 0.2) is 0 Å². The molecule has 0 aliphatic rings. The quantitative estimate of drug-likeness (QED) is 0.782. The Morgan fingerprint density at radius 2 is 1.90 bits per heavy atom. The van der Waals surface area contributed by atoms with Crippen LogP contribution in [0.5, 0.6) is 0 Å². The molecule has 0 aromatic heterocycles. The molecule has 1 atom stereocenters. The van der Waals surface area contributed by atoms with Crippen LogP contribution < -0.4 is 5.32 Å². The summed E-state index contributed by atoms with van der Waals surface area (Å²) in [6, 6.07) is 13.1. The van der Waals surface area contributed by atoms with Gasteiger partial charge in [-0.05, 0) is 64.3 Å². The summed E-state index contributed by atoms with van der Waals surface area (Å²) >= 11 is 9.08. The van der Waals surface area contributed by atoms with Crippen LogP contribution in [-0.2, 0) is 6.42 Å². The number of nitrogens with one attached hydrogen (secondary N) is 1. The van der Waals surface area contributed by atoms with E-state index in [0.717, 1.165) is 23.6 Å². The number of benzene rings is 2. The van der Waals surface area contributed by atoms with Crippen molar-refractivity contribution < 1.29 is 4.39 Å². The molecule has 0 saturated heterocycles. The van der Waals surface area contributed by atoms with Crippen molar-refractivity contribution >= 4 is 27.5 Å². The van der Waals surface area contributed by atoms with Gasteiger partial charge in [0.2, 0.25) is 0 Å². The Hall–Kier alpha value is -0.900. The van der Waals surface area contributed by atoms with E-state index in [4.69, 9.17) is 11.6 Å². The number of halogens is 3. The van der Waals surface area contributed by atoms with E-state index in [9.17, 15) is 4.39 Å². The van der Waals surface area contributed by atoms with Crippen LogP contribution in [0.15, 0.2) is 46.9 Å². The third-order valence-corrected chi connectivity index (χ3v) is 4.04.